The lowest BCUT2D eigenvalue weighted by Crippen LogP contribution is -2.52. The van der Waals surface area contributed by atoms with Crippen molar-refractivity contribution >= 4 is 45.0 Å². The minimum absolute atomic E-state index is 0.0932. The van der Waals surface area contributed by atoms with Gasteiger partial charge in [0.1, 0.15) is 17.3 Å². The molecule has 0 bridgehead atoms. The van der Waals surface area contributed by atoms with E-state index in [2.05, 4.69) is 21.2 Å². The number of carbonyl (C=O) groups is 2. The van der Waals surface area contributed by atoms with Crippen molar-refractivity contribution < 1.29 is 23.5 Å². The molecule has 0 spiro atoms. The third-order valence-electron chi connectivity index (χ3n) is 4.55. The number of carbonyl (C=O) groups excluding carboxylic acids is 2. The molecule has 4 rings (SSSR count). The van der Waals surface area contributed by atoms with E-state index in [9.17, 15) is 14.0 Å². The fourth-order valence-corrected chi connectivity index (χ4v) is 3.87. The molecule has 1 N–H and O–H groups in total. The van der Waals surface area contributed by atoms with Gasteiger partial charge in [-0.05, 0) is 40.2 Å². The molecule has 2 amide bonds. The zero-order valence-electron chi connectivity index (χ0n) is 14.5. The summed E-state index contributed by atoms with van der Waals surface area (Å²) in [5.41, 5.74) is 0.207. The summed E-state index contributed by atoms with van der Waals surface area (Å²) >= 11 is 9.29. The van der Waals surface area contributed by atoms with Crippen LogP contribution in [0.4, 0.5) is 10.1 Å². The molecule has 0 radical (unpaired) electrons. The average Bonchev–Trinajstić information content (AvgIpc) is 2.61. The number of hydrogen-bond donors (Lipinski definition) is 1. The van der Waals surface area contributed by atoms with E-state index in [0.717, 1.165) is 10.5 Å². The van der Waals surface area contributed by atoms with Crippen molar-refractivity contribution in [3.63, 3.8) is 0 Å². The third kappa shape index (κ3) is 3.79. The van der Waals surface area contributed by atoms with Gasteiger partial charge in [-0.3, -0.25) is 9.59 Å². The number of anilines is 1. The fourth-order valence-electron chi connectivity index (χ4n) is 3.08. The Hall–Kier alpha value is -2.32. The second-order valence-corrected chi connectivity index (χ2v) is 7.92. The lowest BCUT2D eigenvalue weighted by Gasteiger charge is -2.39. The monoisotopic (exact) mass is 468 g/mol. The molecule has 9 heteroatoms. The first-order valence-corrected chi connectivity index (χ1v) is 9.71. The van der Waals surface area contributed by atoms with Gasteiger partial charge >= 0.3 is 0 Å². The highest BCUT2D eigenvalue weighted by Gasteiger charge is 2.34. The first-order valence-electron chi connectivity index (χ1n) is 8.54. The molecule has 0 unspecified atom stereocenters. The van der Waals surface area contributed by atoms with Crippen molar-refractivity contribution in [3.8, 4) is 11.5 Å². The summed E-state index contributed by atoms with van der Waals surface area (Å²) in [7, 11) is 0. The van der Waals surface area contributed by atoms with Crippen LogP contribution in [0.1, 0.15) is 10.4 Å². The highest BCUT2D eigenvalue weighted by Crippen LogP contribution is 2.33. The SMILES string of the molecule is O=C1COc2cc(F)c(C(=O)N3CC(COc4ccc(Cl)cc4Br)C3)cc2N1. The van der Waals surface area contributed by atoms with Crippen molar-refractivity contribution in [2.45, 2.75) is 0 Å². The predicted molar refractivity (Wildman–Crippen MR) is 105 cm³/mol. The Balaban J connectivity index is 1.36. The zero-order chi connectivity index (χ0) is 19.8. The molecule has 0 saturated carbocycles. The quantitative estimate of drug-likeness (QED) is 0.741. The minimum atomic E-state index is -0.676. The van der Waals surface area contributed by atoms with Gasteiger partial charge in [0.15, 0.2) is 6.61 Å². The molecule has 6 nitrogen and oxygen atoms in total. The van der Waals surface area contributed by atoms with Crippen LogP contribution in [0.5, 0.6) is 11.5 Å². The molecule has 2 heterocycles. The molecule has 1 saturated heterocycles. The average molecular weight is 470 g/mol. The molecule has 0 atom stereocenters. The molecule has 2 aromatic carbocycles. The van der Waals surface area contributed by atoms with E-state index in [1.54, 1.807) is 23.1 Å². The van der Waals surface area contributed by atoms with Gasteiger partial charge in [0, 0.05) is 30.1 Å². The summed E-state index contributed by atoms with van der Waals surface area (Å²) in [4.78, 5) is 25.6. The second kappa shape index (κ2) is 7.60. The Bertz CT molecular complexity index is 965. The highest BCUT2D eigenvalue weighted by atomic mass is 79.9. The van der Waals surface area contributed by atoms with E-state index in [-0.39, 0.29) is 29.7 Å². The van der Waals surface area contributed by atoms with Gasteiger partial charge in [-0.15, -0.1) is 0 Å². The van der Waals surface area contributed by atoms with Gasteiger partial charge in [0.05, 0.1) is 22.3 Å². The van der Waals surface area contributed by atoms with E-state index in [1.807, 2.05) is 0 Å². The van der Waals surface area contributed by atoms with Crippen LogP contribution in [-0.2, 0) is 4.79 Å². The molecule has 28 heavy (non-hydrogen) atoms. The van der Waals surface area contributed by atoms with Crippen molar-refractivity contribution in [1.29, 1.82) is 0 Å². The van der Waals surface area contributed by atoms with Gasteiger partial charge in [0.25, 0.3) is 11.8 Å². The van der Waals surface area contributed by atoms with Crippen LogP contribution in [-0.4, -0.2) is 43.0 Å². The van der Waals surface area contributed by atoms with Crippen LogP contribution < -0.4 is 14.8 Å². The maximum absolute atomic E-state index is 14.3. The number of nitrogens with one attached hydrogen (secondary N) is 1. The molecular formula is C19H15BrClFN2O4. The highest BCUT2D eigenvalue weighted by molar-refractivity contribution is 9.10. The maximum atomic E-state index is 14.3. The fraction of sp³-hybridized carbons (Fsp3) is 0.263. The van der Waals surface area contributed by atoms with Crippen molar-refractivity contribution in [2.75, 3.05) is 31.6 Å². The third-order valence-corrected chi connectivity index (χ3v) is 5.40. The topological polar surface area (TPSA) is 67.9 Å². The molecular weight excluding hydrogens is 455 g/mol. The summed E-state index contributed by atoms with van der Waals surface area (Å²) in [6, 6.07) is 7.69. The number of amides is 2. The van der Waals surface area contributed by atoms with Crippen LogP contribution in [0, 0.1) is 11.7 Å². The van der Waals surface area contributed by atoms with Crippen molar-refractivity contribution in [2.24, 2.45) is 5.92 Å². The van der Waals surface area contributed by atoms with E-state index in [0.29, 0.717) is 36.2 Å². The number of rotatable bonds is 4. The van der Waals surface area contributed by atoms with Gasteiger partial charge in [0.2, 0.25) is 0 Å². The van der Waals surface area contributed by atoms with Crippen molar-refractivity contribution in [3.05, 3.63) is 51.2 Å². The number of likely N-dealkylation sites (tertiary alicyclic amines) is 1. The Kier molecular flexibility index (Phi) is 5.16. The summed E-state index contributed by atoms with van der Waals surface area (Å²) in [5.74, 6) is -0.404. The van der Waals surface area contributed by atoms with Gasteiger partial charge < -0.3 is 19.7 Å². The van der Waals surface area contributed by atoms with Gasteiger partial charge in [-0.25, -0.2) is 4.39 Å². The Morgan fingerprint density at radius 3 is 2.89 bits per heavy atom. The van der Waals surface area contributed by atoms with Crippen LogP contribution in [0.3, 0.4) is 0 Å². The maximum Gasteiger partial charge on any atom is 0.262 e. The van der Waals surface area contributed by atoms with Crippen LogP contribution >= 0.6 is 27.5 Å². The molecule has 2 aliphatic rings. The summed E-state index contributed by atoms with van der Waals surface area (Å²) in [6.07, 6.45) is 0. The summed E-state index contributed by atoms with van der Waals surface area (Å²) < 4.78 is 26.0. The Morgan fingerprint density at radius 1 is 1.36 bits per heavy atom. The smallest absolute Gasteiger partial charge is 0.262 e. The first kappa shape index (κ1) is 19.0. The number of nitrogens with zero attached hydrogens (tertiary/aromatic N) is 1. The first-order chi connectivity index (χ1) is 13.4. The number of benzene rings is 2. The van der Waals surface area contributed by atoms with E-state index in [4.69, 9.17) is 21.1 Å². The number of ether oxygens (including phenoxy) is 2. The van der Waals surface area contributed by atoms with Gasteiger partial charge in [-0.1, -0.05) is 11.6 Å². The zero-order valence-corrected chi connectivity index (χ0v) is 16.8. The predicted octanol–water partition coefficient (Wildman–Crippen LogP) is 3.72. The standard InChI is InChI=1S/C19H15BrClFN2O4/c20-13-3-11(21)1-2-16(13)27-8-10-6-24(7-10)19(26)12-4-15-17(5-14(12)22)28-9-18(25)23-15/h1-5,10H,6-9H2,(H,23,25). The molecule has 2 aromatic rings. The molecule has 0 aromatic heterocycles. The van der Waals surface area contributed by atoms with E-state index in [1.165, 1.54) is 6.07 Å². The lowest BCUT2D eigenvalue weighted by molar-refractivity contribution is -0.118. The largest absolute Gasteiger partial charge is 0.492 e. The van der Waals surface area contributed by atoms with E-state index < -0.39 is 11.7 Å². The second-order valence-electron chi connectivity index (χ2n) is 6.63. The molecule has 2 aliphatic heterocycles. The lowest BCUT2D eigenvalue weighted by atomic mass is 9.99. The number of fused-ring (bicyclic) bond motifs is 1. The Labute approximate surface area is 173 Å². The molecule has 0 aliphatic carbocycles. The van der Waals surface area contributed by atoms with Crippen LogP contribution in [0.15, 0.2) is 34.8 Å². The van der Waals surface area contributed by atoms with E-state index >= 15 is 0 Å². The van der Waals surface area contributed by atoms with Crippen LogP contribution in [0.2, 0.25) is 5.02 Å². The summed E-state index contributed by atoms with van der Waals surface area (Å²) in [5, 5.41) is 3.18. The molecule has 146 valence electrons. The normalized spacial score (nSPS) is 16.0. The Morgan fingerprint density at radius 2 is 2.14 bits per heavy atom. The molecule has 1 fully saturated rings. The van der Waals surface area contributed by atoms with Gasteiger partial charge in [-0.2, -0.15) is 0 Å². The summed E-state index contributed by atoms with van der Waals surface area (Å²) in [6.45, 7) is 1.19. The van der Waals surface area contributed by atoms with Crippen molar-refractivity contribution in [1.82, 2.24) is 4.90 Å². The van der Waals surface area contributed by atoms with Crippen LogP contribution in [0.25, 0.3) is 0 Å². The minimum Gasteiger partial charge on any atom is -0.492 e. The number of halogens is 3. The number of hydrogen-bond acceptors (Lipinski definition) is 4.